The van der Waals surface area contributed by atoms with Crippen molar-refractivity contribution in [2.45, 2.75) is 38.2 Å². The van der Waals surface area contributed by atoms with Gasteiger partial charge in [-0.25, -0.2) is 15.0 Å². The third-order valence-corrected chi connectivity index (χ3v) is 5.77. The average Bonchev–Trinajstić information content (AvgIpc) is 3.32. The van der Waals surface area contributed by atoms with Gasteiger partial charge >= 0.3 is 12.4 Å². The zero-order valence-electron chi connectivity index (χ0n) is 18.0. The number of nitrogens with zero attached hydrogens (tertiary/aromatic N) is 7. The molecule has 1 atom stereocenters. The Morgan fingerprint density at radius 1 is 1.06 bits per heavy atom. The van der Waals surface area contributed by atoms with Gasteiger partial charge < -0.3 is 9.42 Å². The minimum absolute atomic E-state index is 0.0370. The molecule has 4 aromatic rings. The van der Waals surface area contributed by atoms with E-state index >= 15 is 0 Å². The Morgan fingerprint density at radius 3 is 2.40 bits per heavy atom. The third kappa shape index (κ3) is 4.39. The molecule has 0 spiro atoms. The van der Waals surface area contributed by atoms with Crippen LogP contribution in [0.25, 0.3) is 16.9 Å². The van der Waals surface area contributed by atoms with Gasteiger partial charge in [0.2, 0.25) is 0 Å². The molecule has 0 amide bonds. The summed E-state index contributed by atoms with van der Waals surface area (Å²) in [5, 5.41) is 7.55. The SMILES string of the molecule is CC(c1ncnn1-c1ncccn1)N(CC1CC1)c1noc2c(C(F)(F)F)cc(C(F)(F)F)cc12. The zero-order valence-corrected chi connectivity index (χ0v) is 18.0. The summed E-state index contributed by atoms with van der Waals surface area (Å²) >= 11 is 0. The number of halogens is 6. The van der Waals surface area contributed by atoms with Gasteiger partial charge in [-0.3, -0.25) is 0 Å². The summed E-state index contributed by atoms with van der Waals surface area (Å²) in [5.41, 5.74) is -3.75. The van der Waals surface area contributed by atoms with E-state index in [0.717, 1.165) is 12.8 Å². The number of hydrogen-bond acceptors (Lipinski definition) is 7. The molecular formula is C21H17F6N7O. The Balaban J connectivity index is 1.65. The highest BCUT2D eigenvalue weighted by molar-refractivity contribution is 5.92. The fourth-order valence-corrected chi connectivity index (χ4v) is 3.85. The van der Waals surface area contributed by atoms with E-state index in [1.807, 2.05) is 0 Å². The van der Waals surface area contributed by atoms with E-state index in [0.29, 0.717) is 18.4 Å². The molecule has 0 saturated heterocycles. The van der Waals surface area contributed by atoms with Crippen molar-refractivity contribution in [3.05, 3.63) is 53.9 Å². The number of aromatic nitrogens is 6. The van der Waals surface area contributed by atoms with E-state index in [9.17, 15) is 26.3 Å². The Morgan fingerprint density at radius 2 is 1.77 bits per heavy atom. The predicted molar refractivity (Wildman–Crippen MR) is 109 cm³/mol. The fraction of sp³-hybridized carbons (Fsp3) is 0.381. The number of hydrogen-bond donors (Lipinski definition) is 0. The van der Waals surface area contributed by atoms with E-state index in [-0.39, 0.29) is 29.1 Å². The van der Waals surface area contributed by atoms with Crippen molar-refractivity contribution < 1.29 is 30.9 Å². The lowest BCUT2D eigenvalue weighted by Crippen LogP contribution is -2.31. The van der Waals surface area contributed by atoms with Gasteiger partial charge in [0.05, 0.1) is 17.0 Å². The predicted octanol–water partition coefficient (Wildman–Crippen LogP) is 5.21. The molecule has 0 N–H and O–H groups in total. The average molecular weight is 497 g/mol. The minimum atomic E-state index is -5.08. The number of anilines is 1. The van der Waals surface area contributed by atoms with Gasteiger partial charge in [0, 0.05) is 18.9 Å². The van der Waals surface area contributed by atoms with E-state index < -0.39 is 35.1 Å². The van der Waals surface area contributed by atoms with Gasteiger partial charge in [-0.1, -0.05) is 5.16 Å². The van der Waals surface area contributed by atoms with Crippen molar-refractivity contribution in [1.29, 1.82) is 0 Å². The summed E-state index contributed by atoms with van der Waals surface area (Å²) in [6.07, 6.45) is -4.06. The summed E-state index contributed by atoms with van der Waals surface area (Å²) < 4.78 is 87.7. The first-order valence-corrected chi connectivity index (χ1v) is 10.6. The highest BCUT2D eigenvalue weighted by Crippen LogP contribution is 2.44. The molecule has 1 unspecified atom stereocenters. The zero-order chi connectivity index (χ0) is 25.0. The van der Waals surface area contributed by atoms with Crippen molar-refractivity contribution in [2.24, 2.45) is 5.92 Å². The third-order valence-electron chi connectivity index (χ3n) is 5.77. The summed E-state index contributed by atoms with van der Waals surface area (Å²) in [4.78, 5) is 14.1. The smallest absolute Gasteiger partial charge is 0.353 e. The monoisotopic (exact) mass is 497 g/mol. The van der Waals surface area contributed by atoms with Crippen molar-refractivity contribution in [2.75, 3.05) is 11.4 Å². The molecule has 14 heteroatoms. The molecule has 1 saturated carbocycles. The Hall–Kier alpha value is -3.71. The quantitative estimate of drug-likeness (QED) is 0.338. The highest BCUT2D eigenvalue weighted by atomic mass is 19.4. The molecule has 0 radical (unpaired) electrons. The molecule has 8 nitrogen and oxygen atoms in total. The van der Waals surface area contributed by atoms with Crippen LogP contribution >= 0.6 is 0 Å². The van der Waals surface area contributed by atoms with E-state index in [1.54, 1.807) is 17.9 Å². The number of benzene rings is 1. The van der Waals surface area contributed by atoms with Gasteiger partial charge in [-0.2, -0.15) is 36.1 Å². The number of rotatable bonds is 6. The second kappa shape index (κ2) is 8.20. The molecule has 35 heavy (non-hydrogen) atoms. The molecule has 3 heterocycles. The molecule has 0 aliphatic heterocycles. The topological polar surface area (TPSA) is 85.8 Å². The van der Waals surface area contributed by atoms with Gasteiger partial charge in [0.1, 0.15) is 11.9 Å². The summed E-state index contributed by atoms with van der Waals surface area (Å²) in [7, 11) is 0. The van der Waals surface area contributed by atoms with Gasteiger partial charge in [-0.15, -0.1) is 0 Å². The van der Waals surface area contributed by atoms with Gasteiger partial charge in [0.15, 0.2) is 17.2 Å². The Bertz CT molecular complexity index is 1340. The van der Waals surface area contributed by atoms with Crippen molar-refractivity contribution in [1.82, 2.24) is 29.9 Å². The summed E-state index contributed by atoms with van der Waals surface area (Å²) in [6, 6.07) is 1.61. The second-order valence-corrected chi connectivity index (χ2v) is 8.25. The van der Waals surface area contributed by atoms with Crippen molar-refractivity contribution in [3.63, 3.8) is 0 Å². The molecule has 0 bridgehead atoms. The molecular weight excluding hydrogens is 480 g/mol. The van der Waals surface area contributed by atoms with Crippen LogP contribution in [0.1, 0.15) is 42.8 Å². The molecule has 3 aromatic heterocycles. The van der Waals surface area contributed by atoms with Crippen molar-refractivity contribution >= 4 is 16.8 Å². The summed E-state index contributed by atoms with van der Waals surface area (Å²) in [6.45, 7) is 2.02. The standard InChI is InChI=1S/C21H17F6N7O/c1-11(17-30-10-31-34(17)19-28-5-2-6-29-19)33(9-12-3-4-12)18-14-7-13(20(22,23)24)8-15(21(25,26)27)16(14)35-32-18/h2,5-8,10-12H,3-4,9H2,1H3. The Labute approximate surface area is 193 Å². The molecule has 1 aliphatic rings. The maximum Gasteiger partial charge on any atom is 0.420 e. The van der Waals surface area contributed by atoms with Gasteiger partial charge in [-0.05, 0) is 43.9 Å². The number of fused-ring (bicyclic) bond motifs is 1. The van der Waals surface area contributed by atoms with Crippen LogP contribution in [0.15, 0.2) is 41.4 Å². The van der Waals surface area contributed by atoms with E-state index in [2.05, 4.69) is 25.2 Å². The largest absolute Gasteiger partial charge is 0.420 e. The minimum Gasteiger partial charge on any atom is -0.353 e. The molecule has 184 valence electrons. The van der Waals surface area contributed by atoms with E-state index in [4.69, 9.17) is 4.52 Å². The van der Waals surface area contributed by atoms with Gasteiger partial charge in [0.25, 0.3) is 5.95 Å². The second-order valence-electron chi connectivity index (χ2n) is 8.25. The normalized spacial score (nSPS) is 15.5. The van der Waals surface area contributed by atoms with Crippen LogP contribution in [-0.2, 0) is 12.4 Å². The molecule has 1 aliphatic carbocycles. The molecule has 1 aromatic carbocycles. The number of alkyl halides is 6. The van der Waals surface area contributed by atoms with Crippen LogP contribution in [0.4, 0.5) is 32.2 Å². The highest BCUT2D eigenvalue weighted by Gasteiger charge is 2.41. The van der Waals surface area contributed by atoms with Crippen LogP contribution in [0.3, 0.4) is 0 Å². The lowest BCUT2D eigenvalue weighted by atomic mass is 10.0. The van der Waals surface area contributed by atoms with Crippen molar-refractivity contribution in [3.8, 4) is 5.95 Å². The lowest BCUT2D eigenvalue weighted by molar-refractivity contribution is -0.142. The maximum absolute atomic E-state index is 13.6. The maximum atomic E-state index is 13.6. The molecule has 1 fully saturated rings. The van der Waals surface area contributed by atoms with Crippen LogP contribution in [0.2, 0.25) is 0 Å². The Kier molecular flexibility index (Phi) is 5.40. The molecule has 5 rings (SSSR count). The van der Waals surface area contributed by atoms with Crippen LogP contribution in [0.5, 0.6) is 0 Å². The first-order chi connectivity index (χ1) is 16.5. The van der Waals surface area contributed by atoms with Crippen LogP contribution in [-0.4, -0.2) is 36.4 Å². The van der Waals surface area contributed by atoms with Crippen LogP contribution in [0, 0.1) is 5.92 Å². The fourth-order valence-electron chi connectivity index (χ4n) is 3.85. The first kappa shape index (κ1) is 23.1. The lowest BCUT2D eigenvalue weighted by Gasteiger charge is -2.28. The van der Waals surface area contributed by atoms with E-state index in [1.165, 1.54) is 23.4 Å². The summed E-state index contributed by atoms with van der Waals surface area (Å²) in [5.74, 6) is 0.596. The first-order valence-electron chi connectivity index (χ1n) is 10.6. The van der Waals surface area contributed by atoms with Crippen LogP contribution < -0.4 is 4.90 Å².